The first-order valence-electron chi connectivity index (χ1n) is 10.5. The summed E-state index contributed by atoms with van der Waals surface area (Å²) < 4.78 is 10.2. The van der Waals surface area contributed by atoms with Crippen molar-refractivity contribution < 1.29 is 28.8 Å². The van der Waals surface area contributed by atoms with Crippen molar-refractivity contribution in [3.8, 4) is 5.75 Å². The molecular formula is C23H23N3O7S. The van der Waals surface area contributed by atoms with Crippen LogP contribution in [0.2, 0.25) is 0 Å². The number of non-ortho nitro benzene ring substituents is 1. The zero-order valence-corrected chi connectivity index (χ0v) is 19.3. The molecule has 0 radical (unpaired) electrons. The summed E-state index contributed by atoms with van der Waals surface area (Å²) in [5.74, 6) is -0.798. The monoisotopic (exact) mass is 485 g/mol. The van der Waals surface area contributed by atoms with Gasteiger partial charge in [0.25, 0.3) is 11.6 Å². The summed E-state index contributed by atoms with van der Waals surface area (Å²) >= 11 is 1.42. The number of rotatable bonds is 8. The minimum atomic E-state index is -0.818. The quantitative estimate of drug-likeness (QED) is 0.261. The minimum absolute atomic E-state index is 0.0559. The number of para-hydroxylation sites is 1. The van der Waals surface area contributed by atoms with Gasteiger partial charge in [0.05, 0.1) is 4.92 Å². The largest absolute Gasteiger partial charge is 0.484 e. The van der Waals surface area contributed by atoms with Crippen molar-refractivity contribution in [2.75, 3.05) is 6.61 Å². The van der Waals surface area contributed by atoms with Gasteiger partial charge in [0.1, 0.15) is 29.8 Å². The number of β-lactam (4-membered cyclic amide) rings is 1. The molecular weight excluding hydrogens is 462 g/mol. The Morgan fingerprint density at radius 2 is 1.82 bits per heavy atom. The summed E-state index contributed by atoms with van der Waals surface area (Å²) in [6, 6.07) is 13.0. The number of fused-ring (bicyclic) bond motifs is 1. The highest BCUT2D eigenvalue weighted by atomic mass is 32.2. The van der Waals surface area contributed by atoms with Crippen LogP contribution >= 0.6 is 11.8 Å². The van der Waals surface area contributed by atoms with Crippen molar-refractivity contribution in [2.24, 2.45) is 0 Å². The van der Waals surface area contributed by atoms with E-state index in [0.717, 1.165) is 0 Å². The lowest BCUT2D eigenvalue weighted by Crippen LogP contribution is -2.71. The number of nitrogens with zero attached hydrogens (tertiary/aromatic N) is 2. The number of carbonyl (C=O) groups is 3. The molecule has 3 atom stereocenters. The number of thioether (sulfide) groups is 1. The van der Waals surface area contributed by atoms with Gasteiger partial charge >= 0.3 is 5.97 Å². The molecule has 0 aliphatic carbocycles. The van der Waals surface area contributed by atoms with Crippen LogP contribution in [0.25, 0.3) is 0 Å². The van der Waals surface area contributed by atoms with Gasteiger partial charge in [0, 0.05) is 16.9 Å². The second-order valence-corrected chi connectivity index (χ2v) is 10.2. The van der Waals surface area contributed by atoms with E-state index in [-0.39, 0.29) is 30.2 Å². The Labute approximate surface area is 199 Å². The van der Waals surface area contributed by atoms with Crippen molar-refractivity contribution >= 4 is 35.2 Å². The third-order valence-electron chi connectivity index (χ3n) is 5.62. The first-order chi connectivity index (χ1) is 16.2. The molecule has 1 unspecified atom stereocenters. The van der Waals surface area contributed by atoms with Crippen molar-refractivity contribution in [2.45, 2.75) is 42.7 Å². The summed E-state index contributed by atoms with van der Waals surface area (Å²) in [4.78, 5) is 49.7. The third-order valence-corrected chi connectivity index (χ3v) is 7.19. The number of hydrogen-bond acceptors (Lipinski definition) is 8. The Bertz CT molecular complexity index is 1110. The number of benzene rings is 2. The standard InChI is InChI=1S/C23H23N3O7S/c1-23(2)19(22(29)33-12-14-8-10-15(11-9-14)26(30)31)25-20(28)18(21(25)34-23)24-17(27)13-32-16-6-4-3-5-7-16/h3-11,18-19,21H,12-13H2,1-2H3,(H,24,27)/t18?,19-,21+/m0/s1. The fourth-order valence-electron chi connectivity index (χ4n) is 3.95. The molecule has 34 heavy (non-hydrogen) atoms. The van der Waals surface area contributed by atoms with Gasteiger partial charge in [-0.2, -0.15) is 0 Å². The van der Waals surface area contributed by atoms with Gasteiger partial charge in [-0.05, 0) is 43.7 Å². The van der Waals surface area contributed by atoms with Crippen molar-refractivity contribution in [3.05, 3.63) is 70.3 Å². The fourth-order valence-corrected chi connectivity index (χ4v) is 5.58. The molecule has 0 bridgehead atoms. The molecule has 0 aromatic heterocycles. The molecule has 4 rings (SSSR count). The molecule has 2 aromatic rings. The fraction of sp³-hybridized carbons (Fsp3) is 0.348. The number of nitrogens with one attached hydrogen (secondary N) is 1. The Kier molecular flexibility index (Phi) is 6.47. The van der Waals surface area contributed by atoms with Crippen LogP contribution < -0.4 is 10.1 Å². The van der Waals surface area contributed by atoms with E-state index < -0.39 is 33.6 Å². The molecule has 2 aromatic carbocycles. The molecule has 2 heterocycles. The molecule has 2 saturated heterocycles. The van der Waals surface area contributed by atoms with E-state index >= 15 is 0 Å². The Hall–Kier alpha value is -3.60. The number of nitro benzene ring substituents is 1. The van der Waals surface area contributed by atoms with Gasteiger partial charge in [0.2, 0.25) is 5.91 Å². The van der Waals surface area contributed by atoms with E-state index in [9.17, 15) is 24.5 Å². The van der Waals surface area contributed by atoms with Gasteiger partial charge < -0.3 is 19.7 Å². The van der Waals surface area contributed by atoms with E-state index in [0.29, 0.717) is 11.3 Å². The van der Waals surface area contributed by atoms with Gasteiger partial charge in [-0.1, -0.05) is 18.2 Å². The normalized spacial score (nSPS) is 22.4. The Morgan fingerprint density at radius 3 is 2.47 bits per heavy atom. The van der Waals surface area contributed by atoms with Crippen LogP contribution in [0.5, 0.6) is 5.75 Å². The second kappa shape index (κ2) is 9.34. The SMILES string of the molecule is CC1(C)S[C@@H]2C(NC(=O)COc3ccccc3)C(=O)N2[C@H]1C(=O)OCc1ccc([N+](=O)[O-])cc1. The highest BCUT2D eigenvalue weighted by Crippen LogP contribution is 2.51. The first kappa shape index (κ1) is 23.6. The average Bonchev–Trinajstić information content (AvgIpc) is 3.08. The maximum Gasteiger partial charge on any atom is 0.330 e. The summed E-state index contributed by atoms with van der Waals surface area (Å²) in [5.41, 5.74) is 0.539. The highest BCUT2D eigenvalue weighted by Gasteiger charge is 2.64. The Morgan fingerprint density at radius 1 is 1.15 bits per heavy atom. The van der Waals surface area contributed by atoms with Gasteiger partial charge in [-0.3, -0.25) is 19.7 Å². The molecule has 0 saturated carbocycles. The van der Waals surface area contributed by atoms with Crippen LogP contribution in [0.15, 0.2) is 54.6 Å². The molecule has 10 nitrogen and oxygen atoms in total. The molecule has 2 amide bonds. The number of carbonyl (C=O) groups excluding carboxylic acids is 3. The van der Waals surface area contributed by atoms with Gasteiger partial charge in [-0.15, -0.1) is 11.8 Å². The lowest BCUT2D eigenvalue weighted by atomic mass is 9.96. The maximum atomic E-state index is 12.9. The average molecular weight is 486 g/mol. The molecule has 2 fully saturated rings. The lowest BCUT2D eigenvalue weighted by Gasteiger charge is -2.43. The lowest BCUT2D eigenvalue weighted by molar-refractivity contribution is -0.384. The second-order valence-electron chi connectivity index (χ2n) is 8.44. The van der Waals surface area contributed by atoms with E-state index in [1.165, 1.54) is 40.9 Å². The molecule has 0 spiro atoms. The van der Waals surface area contributed by atoms with Crippen LogP contribution in [0.1, 0.15) is 19.4 Å². The zero-order valence-electron chi connectivity index (χ0n) is 18.5. The van der Waals surface area contributed by atoms with Crippen molar-refractivity contribution in [1.29, 1.82) is 0 Å². The van der Waals surface area contributed by atoms with Crippen LogP contribution in [-0.2, 0) is 25.7 Å². The zero-order chi connectivity index (χ0) is 24.5. The van der Waals surface area contributed by atoms with Gasteiger partial charge in [-0.25, -0.2) is 4.79 Å². The van der Waals surface area contributed by atoms with Crippen molar-refractivity contribution in [1.82, 2.24) is 10.2 Å². The predicted octanol–water partition coefficient (Wildman–Crippen LogP) is 2.26. The molecule has 2 aliphatic heterocycles. The summed E-state index contributed by atoms with van der Waals surface area (Å²) in [6.07, 6.45) is 0. The first-order valence-corrected chi connectivity index (χ1v) is 11.4. The smallest absolute Gasteiger partial charge is 0.330 e. The Balaban J connectivity index is 1.33. The third kappa shape index (κ3) is 4.69. The molecule has 178 valence electrons. The van der Waals surface area contributed by atoms with Crippen LogP contribution in [0, 0.1) is 10.1 Å². The number of hydrogen-bond donors (Lipinski definition) is 1. The highest BCUT2D eigenvalue weighted by molar-refractivity contribution is 8.01. The molecule has 1 N–H and O–H groups in total. The van der Waals surface area contributed by atoms with Crippen LogP contribution in [-0.4, -0.2) is 56.4 Å². The number of nitro groups is 1. The van der Waals surface area contributed by atoms with E-state index in [4.69, 9.17) is 9.47 Å². The summed E-state index contributed by atoms with van der Waals surface area (Å²) in [6.45, 7) is 3.39. The van der Waals surface area contributed by atoms with Gasteiger partial charge in [0.15, 0.2) is 6.61 Å². The van der Waals surface area contributed by atoms with Crippen LogP contribution in [0.3, 0.4) is 0 Å². The van der Waals surface area contributed by atoms with Crippen molar-refractivity contribution in [3.63, 3.8) is 0 Å². The molecule has 2 aliphatic rings. The van der Waals surface area contributed by atoms with E-state index in [1.54, 1.807) is 24.3 Å². The molecule has 11 heteroatoms. The topological polar surface area (TPSA) is 128 Å². The van der Waals surface area contributed by atoms with Crippen LogP contribution in [0.4, 0.5) is 5.69 Å². The summed E-state index contributed by atoms with van der Waals surface area (Å²) in [7, 11) is 0. The number of amides is 2. The minimum Gasteiger partial charge on any atom is -0.484 e. The van der Waals surface area contributed by atoms with E-state index in [1.807, 2.05) is 19.9 Å². The van der Waals surface area contributed by atoms with E-state index in [2.05, 4.69) is 5.32 Å². The number of esters is 1. The maximum absolute atomic E-state index is 12.9. The predicted molar refractivity (Wildman–Crippen MR) is 123 cm³/mol. The number of ether oxygens (including phenoxy) is 2. The summed E-state index contributed by atoms with van der Waals surface area (Å²) in [5, 5.41) is 13.1.